The number of methoxy groups -OCH3 is 2. The molecule has 8 N–H and O–H groups in total. The van der Waals surface area contributed by atoms with Crippen LogP contribution in [-0.2, 0) is 26.0 Å². The first-order chi connectivity index (χ1) is 31.0. The maximum absolute atomic E-state index is 13.4. The van der Waals surface area contributed by atoms with Gasteiger partial charge in [0.15, 0.2) is 5.75 Å². The molecule has 344 valence electrons. The molecule has 1 fully saturated rings. The number of fused-ring (bicyclic) bond motifs is 1. The van der Waals surface area contributed by atoms with Gasteiger partial charge in [0.1, 0.15) is 40.1 Å². The van der Waals surface area contributed by atoms with Gasteiger partial charge in [-0.15, -0.1) is 0 Å². The lowest BCUT2D eigenvalue weighted by atomic mass is 9.86. The van der Waals surface area contributed by atoms with Gasteiger partial charge in [-0.2, -0.15) is 0 Å². The van der Waals surface area contributed by atoms with E-state index < -0.39 is 29.0 Å². The number of carbonyl (C=O) groups excluding carboxylic acids is 3. The topological polar surface area (TPSA) is 244 Å². The Morgan fingerprint density at radius 1 is 0.908 bits per heavy atom. The summed E-state index contributed by atoms with van der Waals surface area (Å²) >= 11 is 0. The Kier molecular flexibility index (Phi) is 15.1. The van der Waals surface area contributed by atoms with Gasteiger partial charge in [-0.3, -0.25) is 24.2 Å². The first kappa shape index (κ1) is 47.5. The van der Waals surface area contributed by atoms with E-state index in [0.717, 1.165) is 5.56 Å². The molecule has 1 aliphatic rings. The molecule has 5 aromatic rings. The van der Waals surface area contributed by atoms with Gasteiger partial charge < -0.3 is 51.0 Å². The summed E-state index contributed by atoms with van der Waals surface area (Å²) in [6, 6.07) is 21.2. The molecule has 0 aliphatic carbocycles. The quantitative estimate of drug-likeness (QED) is 0.0658. The van der Waals surface area contributed by atoms with E-state index in [0.29, 0.717) is 107 Å². The molecule has 1 aliphatic heterocycles. The largest absolute Gasteiger partial charge is 0.496 e. The number of nitrogens with two attached hydrogens (primary N) is 2. The number of carboxylic acid groups (broad SMARTS) is 1. The van der Waals surface area contributed by atoms with Crippen molar-refractivity contribution < 1.29 is 42.7 Å². The second-order valence-corrected chi connectivity index (χ2v) is 17.4. The van der Waals surface area contributed by atoms with Gasteiger partial charge in [-0.05, 0) is 53.4 Å². The molecule has 0 saturated carbocycles. The molecular weight excluding hydrogens is 855 g/mol. The number of carbonyl (C=O) groups is 4. The van der Waals surface area contributed by atoms with Crippen LogP contribution in [-0.4, -0.2) is 114 Å². The predicted octanol–water partition coefficient (Wildman–Crippen LogP) is 5.68. The molecule has 2 heterocycles. The Morgan fingerprint density at radius 3 is 2.28 bits per heavy atom. The molecule has 2 atom stereocenters. The van der Waals surface area contributed by atoms with E-state index in [-0.39, 0.29) is 23.7 Å². The number of urea groups is 1. The molecule has 1 aromatic heterocycles. The molecule has 0 bridgehead atoms. The molecule has 0 radical (unpaired) electrons. The monoisotopic (exact) mass is 909 g/mol. The molecule has 0 spiro atoms. The number of rotatable bonds is 17. The van der Waals surface area contributed by atoms with Crippen LogP contribution in [0.3, 0.4) is 0 Å². The second-order valence-electron chi connectivity index (χ2n) is 16.3. The number of aromatic nitrogens is 1. The number of carboxylic acids is 1. The highest BCUT2D eigenvalue weighted by Crippen LogP contribution is 2.46. The van der Waals surface area contributed by atoms with Crippen LogP contribution in [0.5, 0.6) is 23.0 Å². The second kappa shape index (κ2) is 20.7. The molecule has 6 rings (SSSR count). The minimum absolute atomic E-state index is 0.245. The van der Waals surface area contributed by atoms with Gasteiger partial charge in [0, 0.05) is 80.3 Å². The van der Waals surface area contributed by atoms with Crippen molar-refractivity contribution >= 4 is 74.1 Å². The lowest BCUT2D eigenvalue weighted by Crippen LogP contribution is -2.51. The summed E-state index contributed by atoms with van der Waals surface area (Å²) < 4.78 is 33.2. The molecule has 19 heteroatoms. The summed E-state index contributed by atoms with van der Waals surface area (Å²) in [5, 5.41) is 16.5. The number of nitrogens with zero attached hydrogens (tertiary/aromatic N) is 4. The Bertz CT molecular complexity index is 2600. The van der Waals surface area contributed by atoms with Crippen molar-refractivity contribution in [1.29, 1.82) is 0 Å². The summed E-state index contributed by atoms with van der Waals surface area (Å²) in [6.07, 6.45) is 2.86. The fourth-order valence-corrected chi connectivity index (χ4v) is 7.85. The first-order valence-electron chi connectivity index (χ1n) is 20.8. The van der Waals surface area contributed by atoms with Crippen LogP contribution < -0.4 is 45.9 Å². The summed E-state index contributed by atoms with van der Waals surface area (Å²) in [6.45, 7) is 9.08. The number of benzene rings is 4. The standard InChI is InChI=1S/C46H55N9O9S/c1-46(2,3)28-23-35(52-65(6)61)42(63-5)37(24-28)55(45(48)60)36-13-14-38(32-10-8-7-9-31(32)36)64-30-15-16-49-40(26-30)51-29-11-12-33(39(25-29)62-4)43(57)50-17-18-53-19-21-54(22-20-53)41(56)27-34(47)44(58)59/h7-16,23-26,34,52H,17-22,27,47H2,1-6H3,(H2,48,60)(H,49,51)(H,50,57)(H,58,59)/t34-,65?/m0/s1. The average Bonchev–Trinajstić information content (AvgIpc) is 3.26. The van der Waals surface area contributed by atoms with Crippen LogP contribution in [0.25, 0.3) is 10.8 Å². The number of aliphatic carboxylic acids is 1. The van der Waals surface area contributed by atoms with Crippen LogP contribution >= 0.6 is 0 Å². The zero-order valence-electron chi connectivity index (χ0n) is 37.2. The third-order valence-electron chi connectivity index (χ3n) is 10.8. The molecule has 65 heavy (non-hydrogen) atoms. The van der Waals surface area contributed by atoms with E-state index >= 15 is 0 Å². The van der Waals surface area contributed by atoms with Crippen LogP contribution in [0.15, 0.2) is 85.1 Å². The molecule has 4 amide bonds. The van der Waals surface area contributed by atoms with Crippen LogP contribution in [0, 0.1) is 0 Å². The number of ether oxygens (including phenoxy) is 3. The Balaban J connectivity index is 1.15. The molecule has 18 nitrogen and oxygen atoms in total. The molecule has 1 saturated heterocycles. The lowest BCUT2D eigenvalue weighted by molar-refractivity contribution is -0.143. The van der Waals surface area contributed by atoms with Gasteiger partial charge >= 0.3 is 12.0 Å². The molecule has 1 unspecified atom stereocenters. The number of nitrogens with one attached hydrogen (secondary N) is 3. The van der Waals surface area contributed by atoms with Crippen molar-refractivity contribution in [3.8, 4) is 23.0 Å². The van der Waals surface area contributed by atoms with Crippen LogP contribution in [0.4, 0.5) is 33.4 Å². The minimum Gasteiger partial charge on any atom is -0.496 e. The van der Waals surface area contributed by atoms with Gasteiger partial charge in [-0.25, -0.2) is 14.0 Å². The number of primary amides is 1. The number of hydrogen-bond acceptors (Lipinski definition) is 12. The zero-order valence-corrected chi connectivity index (χ0v) is 38.0. The number of piperazine rings is 1. The molecule has 4 aromatic carbocycles. The Morgan fingerprint density at radius 2 is 1.63 bits per heavy atom. The van der Waals surface area contributed by atoms with Gasteiger partial charge in [0.05, 0.1) is 43.3 Å². The lowest BCUT2D eigenvalue weighted by Gasteiger charge is -2.35. The summed E-state index contributed by atoms with van der Waals surface area (Å²) in [5.74, 6) is 0.248. The van der Waals surface area contributed by atoms with E-state index in [1.807, 2.05) is 57.2 Å². The van der Waals surface area contributed by atoms with Crippen molar-refractivity contribution in [2.24, 2.45) is 11.5 Å². The highest BCUT2D eigenvalue weighted by molar-refractivity contribution is 7.85. The smallest absolute Gasteiger partial charge is 0.324 e. The summed E-state index contributed by atoms with van der Waals surface area (Å²) in [5.41, 5.74) is 14.4. The van der Waals surface area contributed by atoms with E-state index in [4.69, 9.17) is 30.8 Å². The summed E-state index contributed by atoms with van der Waals surface area (Å²) in [4.78, 5) is 59.6. The zero-order chi connectivity index (χ0) is 47.0. The maximum Gasteiger partial charge on any atom is 0.324 e. The third kappa shape index (κ3) is 11.6. The highest BCUT2D eigenvalue weighted by Gasteiger charge is 2.29. The maximum atomic E-state index is 13.4. The first-order valence-corrected chi connectivity index (χ1v) is 22.3. The Labute approximate surface area is 379 Å². The highest BCUT2D eigenvalue weighted by atomic mass is 32.2. The number of pyridine rings is 1. The van der Waals surface area contributed by atoms with Gasteiger partial charge in [0.2, 0.25) is 5.91 Å². The fraction of sp³-hybridized carbons (Fsp3) is 0.326. The average molecular weight is 910 g/mol. The predicted molar refractivity (Wildman–Crippen MR) is 251 cm³/mol. The van der Waals surface area contributed by atoms with Gasteiger partial charge in [-0.1, -0.05) is 45.0 Å². The number of hydrogen-bond donors (Lipinski definition) is 6. The van der Waals surface area contributed by atoms with Crippen molar-refractivity contribution in [2.75, 3.05) is 74.7 Å². The van der Waals surface area contributed by atoms with E-state index in [1.165, 1.54) is 25.4 Å². The van der Waals surface area contributed by atoms with E-state index in [9.17, 15) is 23.4 Å². The number of anilines is 5. The minimum atomic E-state index is -1.44. The van der Waals surface area contributed by atoms with Crippen molar-refractivity contribution in [1.82, 2.24) is 20.1 Å². The third-order valence-corrected chi connectivity index (χ3v) is 11.3. The summed E-state index contributed by atoms with van der Waals surface area (Å²) in [7, 11) is 1.52. The van der Waals surface area contributed by atoms with E-state index in [1.54, 1.807) is 53.6 Å². The van der Waals surface area contributed by atoms with Crippen LogP contribution in [0.2, 0.25) is 0 Å². The van der Waals surface area contributed by atoms with Crippen LogP contribution in [0.1, 0.15) is 43.1 Å². The SMILES string of the molecule is COc1cc(Nc2cc(Oc3ccc(N(C(N)=O)c4cc(C(C)(C)C)cc(NS(C)=O)c4OC)c4ccccc34)ccn2)ccc1C(=O)NCCN1CCN(C(=O)C[C@H](N)C(=O)O)CC1. The van der Waals surface area contributed by atoms with Crippen molar-refractivity contribution in [2.45, 2.75) is 38.6 Å². The fourth-order valence-electron chi connectivity index (χ4n) is 7.39. The van der Waals surface area contributed by atoms with E-state index in [2.05, 4.69) is 25.2 Å². The van der Waals surface area contributed by atoms with Crippen molar-refractivity contribution in [3.63, 3.8) is 0 Å². The number of amides is 4. The Hall–Kier alpha value is -6.96. The van der Waals surface area contributed by atoms with Crippen molar-refractivity contribution in [3.05, 3.63) is 96.2 Å². The normalized spacial score (nSPS) is 13.9. The van der Waals surface area contributed by atoms with Gasteiger partial charge in [0.25, 0.3) is 5.91 Å². The molecular formula is C46H55N9O9S.